The Morgan fingerprint density at radius 3 is 2.67 bits per heavy atom. The number of amides is 1. The minimum Gasteiger partial charge on any atom is -0.398 e. The average molecular weight is 326 g/mol. The molecule has 2 rings (SSSR count). The van der Waals surface area contributed by atoms with Gasteiger partial charge in [-0.25, -0.2) is 0 Å². The number of nitrogens with one attached hydrogen (secondary N) is 1. The average Bonchev–Trinajstić information content (AvgIpc) is 2.32. The standard InChI is InChI=1S/C13H10BrClN2O/c14-11-5-4-8(6-12(11)16)13(18)17-10-3-1-2-9(15)7-10/h1-7H,16H2,(H,17,18). The van der Waals surface area contributed by atoms with Gasteiger partial charge >= 0.3 is 0 Å². The summed E-state index contributed by atoms with van der Waals surface area (Å²) in [6.07, 6.45) is 0. The molecular formula is C13H10BrClN2O. The number of nitrogen functional groups attached to an aromatic ring is 1. The number of benzene rings is 2. The summed E-state index contributed by atoms with van der Waals surface area (Å²) in [5.41, 5.74) is 7.39. The largest absolute Gasteiger partial charge is 0.398 e. The second-order valence-electron chi connectivity index (χ2n) is 3.70. The number of halogens is 2. The van der Waals surface area contributed by atoms with Crippen LogP contribution < -0.4 is 11.1 Å². The highest BCUT2D eigenvalue weighted by atomic mass is 79.9. The molecule has 0 bridgehead atoms. The lowest BCUT2D eigenvalue weighted by Gasteiger charge is -2.07. The number of carbonyl (C=O) groups excluding carboxylic acids is 1. The Bertz CT molecular complexity index is 601. The van der Waals surface area contributed by atoms with Crippen LogP contribution in [-0.2, 0) is 0 Å². The third-order valence-corrected chi connectivity index (χ3v) is 3.30. The molecular weight excluding hydrogens is 316 g/mol. The highest BCUT2D eigenvalue weighted by Crippen LogP contribution is 2.21. The van der Waals surface area contributed by atoms with E-state index in [-0.39, 0.29) is 5.91 Å². The lowest BCUT2D eigenvalue weighted by atomic mass is 10.2. The molecule has 3 nitrogen and oxygen atoms in total. The number of anilines is 2. The van der Waals surface area contributed by atoms with Crippen LogP contribution in [0.1, 0.15) is 10.4 Å². The summed E-state index contributed by atoms with van der Waals surface area (Å²) in [5, 5.41) is 3.32. The van der Waals surface area contributed by atoms with Crippen molar-refractivity contribution in [2.24, 2.45) is 0 Å². The molecule has 0 aromatic heterocycles. The number of rotatable bonds is 2. The highest BCUT2D eigenvalue weighted by Gasteiger charge is 2.07. The van der Waals surface area contributed by atoms with Crippen LogP contribution >= 0.6 is 27.5 Å². The quantitative estimate of drug-likeness (QED) is 0.822. The molecule has 18 heavy (non-hydrogen) atoms. The van der Waals surface area contributed by atoms with Crippen molar-refractivity contribution in [3.63, 3.8) is 0 Å². The molecule has 92 valence electrons. The van der Waals surface area contributed by atoms with Crippen LogP contribution in [0.4, 0.5) is 11.4 Å². The normalized spacial score (nSPS) is 10.1. The minimum atomic E-state index is -0.225. The maximum atomic E-state index is 12.0. The van der Waals surface area contributed by atoms with E-state index in [9.17, 15) is 4.79 Å². The van der Waals surface area contributed by atoms with Crippen molar-refractivity contribution < 1.29 is 4.79 Å². The van der Waals surface area contributed by atoms with Gasteiger partial charge in [-0.15, -0.1) is 0 Å². The van der Waals surface area contributed by atoms with Crippen LogP contribution in [0.5, 0.6) is 0 Å². The molecule has 0 radical (unpaired) electrons. The molecule has 0 aliphatic rings. The molecule has 0 spiro atoms. The molecule has 2 aromatic carbocycles. The fourth-order valence-electron chi connectivity index (χ4n) is 1.45. The molecule has 0 aliphatic heterocycles. The van der Waals surface area contributed by atoms with Crippen molar-refractivity contribution in [1.82, 2.24) is 0 Å². The molecule has 0 aliphatic carbocycles. The molecule has 5 heteroatoms. The Balaban J connectivity index is 2.19. The predicted octanol–water partition coefficient (Wildman–Crippen LogP) is 3.94. The Morgan fingerprint density at radius 2 is 2.00 bits per heavy atom. The fourth-order valence-corrected chi connectivity index (χ4v) is 1.89. The van der Waals surface area contributed by atoms with Crippen LogP contribution in [-0.4, -0.2) is 5.91 Å². The predicted molar refractivity (Wildman–Crippen MR) is 78.0 cm³/mol. The first-order valence-electron chi connectivity index (χ1n) is 5.18. The first kappa shape index (κ1) is 12.9. The van der Waals surface area contributed by atoms with Crippen molar-refractivity contribution in [2.75, 3.05) is 11.1 Å². The number of nitrogens with two attached hydrogens (primary N) is 1. The highest BCUT2D eigenvalue weighted by molar-refractivity contribution is 9.10. The molecule has 3 N–H and O–H groups in total. The smallest absolute Gasteiger partial charge is 0.255 e. The summed E-state index contributed by atoms with van der Waals surface area (Å²) in [4.78, 5) is 12.0. The number of hydrogen-bond acceptors (Lipinski definition) is 2. The zero-order valence-corrected chi connectivity index (χ0v) is 11.6. The number of hydrogen-bond donors (Lipinski definition) is 2. The molecule has 0 fully saturated rings. The van der Waals surface area contributed by atoms with Crippen LogP contribution in [0.2, 0.25) is 5.02 Å². The Morgan fingerprint density at radius 1 is 1.22 bits per heavy atom. The van der Waals surface area contributed by atoms with Gasteiger partial charge in [0.05, 0.1) is 0 Å². The van der Waals surface area contributed by atoms with Crippen molar-refractivity contribution in [3.8, 4) is 0 Å². The van der Waals surface area contributed by atoms with Gasteiger partial charge in [-0.05, 0) is 52.3 Å². The van der Waals surface area contributed by atoms with Gasteiger partial charge in [0.15, 0.2) is 0 Å². The molecule has 0 atom stereocenters. The third-order valence-electron chi connectivity index (χ3n) is 2.34. The van der Waals surface area contributed by atoms with Gasteiger partial charge < -0.3 is 11.1 Å². The minimum absolute atomic E-state index is 0.225. The van der Waals surface area contributed by atoms with E-state index in [1.165, 1.54) is 0 Å². The van der Waals surface area contributed by atoms with Crippen LogP contribution in [0.25, 0.3) is 0 Å². The fraction of sp³-hybridized carbons (Fsp3) is 0. The SMILES string of the molecule is Nc1cc(C(=O)Nc2cccc(Cl)c2)ccc1Br. The van der Waals surface area contributed by atoms with E-state index in [0.29, 0.717) is 22.0 Å². The van der Waals surface area contributed by atoms with Crippen molar-refractivity contribution >= 4 is 44.8 Å². The second-order valence-corrected chi connectivity index (χ2v) is 4.99. The number of carbonyl (C=O) groups is 1. The summed E-state index contributed by atoms with van der Waals surface area (Å²) in [7, 11) is 0. The lowest BCUT2D eigenvalue weighted by Crippen LogP contribution is -2.12. The van der Waals surface area contributed by atoms with Crippen molar-refractivity contribution in [2.45, 2.75) is 0 Å². The first-order chi connectivity index (χ1) is 8.56. The van der Waals surface area contributed by atoms with Crippen LogP contribution in [0, 0.1) is 0 Å². The van der Waals surface area contributed by atoms with Crippen molar-refractivity contribution in [1.29, 1.82) is 0 Å². The Hall–Kier alpha value is -1.52. The zero-order valence-electron chi connectivity index (χ0n) is 9.28. The Kier molecular flexibility index (Phi) is 3.89. The molecule has 0 unspecified atom stereocenters. The van der Waals surface area contributed by atoms with Gasteiger partial charge in [0.25, 0.3) is 5.91 Å². The van der Waals surface area contributed by atoms with Gasteiger partial charge in [0, 0.05) is 26.4 Å². The lowest BCUT2D eigenvalue weighted by molar-refractivity contribution is 0.102. The van der Waals surface area contributed by atoms with Crippen LogP contribution in [0.3, 0.4) is 0 Å². The summed E-state index contributed by atoms with van der Waals surface area (Å²) < 4.78 is 0.766. The summed E-state index contributed by atoms with van der Waals surface area (Å²) in [6.45, 7) is 0. The second kappa shape index (κ2) is 5.42. The first-order valence-corrected chi connectivity index (χ1v) is 6.35. The van der Waals surface area contributed by atoms with Gasteiger partial charge in [-0.2, -0.15) is 0 Å². The van der Waals surface area contributed by atoms with Gasteiger partial charge in [-0.3, -0.25) is 4.79 Å². The van der Waals surface area contributed by atoms with E-state index < -0.39 is 0 Å². The molecule has 0 saturated heterocycles. The van der Waals surface area contributed by atoms with Crippen molar-refractivity contribution in [3.05, 3.63) is 57.5 Å². The van der Waals surface area contributed by atoms with E-state index in [1.54, 1.807) is 42.5 Å². The van der Waals surface area contributed by atoms with Gasteiger partial charge in [0.2, 0.25) is 0 Å². The maximum Gasteiger partial charge on any atom is 0.255 e. The topological polar surface area (TPSA) is 55.1 Å². The maximum absolute atomic E-state index is 12.0. The zero-order chi connectivity index (χ0) is 13.1. The van der Waals surface area contributed by atoms with Gasteiger partial charge in [-0.1, -0.05) is 17.7 Å². The summed E-state index contributed by atoms with van der Waals surface area (Å²) >= 11 is 9.12. The molecule has 2 aromatic rings. The third kappa shape index (κ3) is 3.03. The van der Waals surface area contributed by atoms with Crippen LogP contribution in [0.15, 0.2) is 46.9 Å². The van der Waals surface area contributed by atoms with E-state index in [0.717, 1.165) is 4.47 Å². The summed E-state index contributed by atoms with van der Waals surface area (Å²) in [6, 6.07) is 12.0. The molecule has 0 saturated carbocycles. The summed E-state index contributed by atoms with van der Waals surface area (Å²) in [5.74, 6) is -0.225. The molecule has 0 heterocycles. The Labute approximate surface area is 118 Å². The van der Waals surface area contributed by atoms with Gasteiger partial charge in [0.1, 0.15) is 0 Å². The van der Waals surface area contributed by atoms with E-state index >= 15 is 0 Å². The van der Waals surface area contributed by atoms with E-state index in [1.807, 2.05) is 0 Å². The molecule has 1 amide bonds. The monoisotopic (exact) mass is 324 g/mol. The van der Waals surface area contributed by atoms with E-state index in [4.69, 9.17) is 17.3 Å². The van der Waals surface area contributed by atoms with E-state index in [2.05, 4.69) is 21.2 Å².